The average Bonchev–Trinajstić information content (AvgIpc) is 2.72. The van der Waals surface area contributed by atoms with Crippen LogP contribution in [-0.4, -0.2) is 60.4 Å². The molecule has 6 nitrogen and oxygen atoms in total. The first-order chi connectivity index (χ1) is 14.3. The smallest absolute Gasteiger partial charge is 0.241 e. The lowest BCUT2D eigenvalue weighted by Gasteiger charge is -2.37. The quantitative estimate of drug-likeness (QED) is 0.771. The van der Waals surface area contributed by atoms with Gasteiger partial charge in [-0.1, -0.05) is 36.4 Å². The van der Waals surface area contributed by atoms with Crippen molar-refractivity contribution in [2.75, 3.05) is 43.4 Å². The molecule has 0 radical (unpaired) electrons. The zero-order chi connectivity index (χ0) is 21.7. The third-order valence-corrected chi connectivity index (χ3v) is 5.85. The van der Waals surface area contributed by atoms with Crippen LogP contribution in [-0.2, 0) is 9.59 Å². The third kappa shape index (κ3) is 5.46. The Bertz CT molecular complexity index is 884. The molecule has 2 aromatic rings. The number of aryl methyl sites for hydroxylation is 3. The maximum absolute atomic E-state index is 12.7. The van der Waals surface area contributed by atoms with Crippen LogP contribution < -0.4 is 10.6 Å². The summed E-state index contributed by atoms with van der Waals surface area (Å²) in [6.45, 7) is 11.4. The predicted octanol–water partition coefficient (Wildman–Crippen LogP) is 3.20. The van der Waals surface area contributed by atoms with Gasteiger partial charge < -0.3 is 10.6 Å². The number of nitrogens with zero attached hydrogens (tertiary/aromatic N) is 2. The normalized spacial score (nSPS) is 16.1. The largest absolute Gasteiger partial charge is 0.324 e. The summed E-state index contributed by atoms with van der Waals surface area (Å²) in [5.41, 5.74) is 4.96. The summed E-state index contributed by atoms with van der Waals surface area (Å²) in [5.74, 6) is 0.0108. The van der Waals surface area contributed by atoms with Crippen LogP contribution in [0.15, 0.2) is 42.5 Å². The van der Waals surface area contributed by atoms with E-state index < -0.39 is 0 Å². The molecule has 0 spiro atoms. The van der Waals surface area contributed by atoms with Gasteiger partial charge in [-0.3, -0.25) is 19.4 Å². The van der Waals surface area contributed by atoms with Crippen LogP contribution in [0.3, 0.4) is 0 Å². The van der Waals surface area contributed by atoms with Gasteiger partial charge in [-0.25, -0.2) is 0 Å². The number of hydrogen-bond acceptors (Lipinski definition) is 4. The van der Waals surface area contributed by atoms with E-state index in [1.807, 2.05) is 70.2 Å². The van der Waals surface area contributed by atoms with Crippen molar-refractivity contribution in [3.8, 4) is 0 Å². The molecule has 1 unspecified atom stereocenters. The molecular formula is C24H32N4O2. The lowest BCUT2D eigenvalue weighted by Crippen LogP contribution is -2.53. The fraction of sp³-hybridized carbons (Fsp3) is 0.417. The van der Waals surface area contributed by atoms with Crippen LogP contribution >= 0.6 is 0 Å². The molecule has 30 heavy (non-hydrogen) atoms. The molecule has 0 saturated carbocycles. The van der Waals surface area contributed by atoms with Gasteiger partial charge in [0, 0.05) is 37.6 Å². The number of carbonyl (C=O) groups is 2. The first-order valence-electron chi connectivity index (χ1n) is 10.5. The van der Waals surface area contributed by atoms with Crippen LogP contribution in [0.25, 0.3) is 0 Å². The Balaban J connectivity index is 1.47. The summed E-state index contributed by atoms with van der Waals surface area (Å²) < 4.78 is 0. The van der Waals surface area contributed by atoms with Crippen LogP contribution in [0.5, 0.6) is 0 Å². The zero-order valence-electron chi connectivity index (χ0n) is 18.4. The molecule has 1 heterocycles. The molecule has 0 aliphatic carbocycles. The van der Waals surface area contributed by atoms with Crippen molar-refractivity contribution in [1.82, 2.24) is 9.80 Å². The van der Waals surface area contributed by atoms with Gasteiger partial charge in [0.25, 0.3) is 0 Å². The van der Waals surface area contributed by atoms with E-state index in [2.05, 4.69) is 20.4 Å². The summed E-state index contributed by atoms with van der Waals surface area (Å²) in [4.78, 5) is 29.5. The number of nitrogens with one attached hydrogen (secondary N) is 2. The minimum atomic E-state index is -0.213. The first-order valence-corrected chi connectivity index (χ1v) is 10.5. The molecule has 3 rings (SSSR count). The number of carbonyl (C=O) groups excluding carboxylic acids is 2. The number of anilines is 2. The van der Waals surface area contributed by atoms with Crippen LogP contribution in [0, 0.1) is 20.8 Å². The zero-order valence-corrected chi connectivity index (χ0v) is 18.4. The van der Waals surface area contributed by atoms with E-state index in [4.69, 9.17) is 0 Å². The van der Waals surface area contributed by atoms with Crippen molar-refractivity contribution in [3.05, 3.63) is 59.2 Å². The number of hydrogen-bond donors (Lipinski definition) is 2. The Morgan fingerprint density at radius 1 is 0.867 bits per heavy atom. The molecule has 160 valence electrons. The Hall–Kier alpha value is -2.70. The molecule has 0 aromatic heterocycles. The standard InChI is InChI=1S/C24H32N4O2/c1-17-8-5-6-11-21(17)25-24(30)20(4)28-14-12-27(13-15-28)16-22(29)26-23-18(2)9-7-10-19(23)3/h5-11,20H,12-16H2,1-4H3,(H,25,30)(H,26,29). The number of amides is 2. The number of benzene rings is 2. The average molecular weight is 409 g/mol. The number of para-hydroxylation sites is 2. The second-order valence-electron chi connectivity index (χ2n) is 8.11. The summed E-state index contributed by atoms with van der Waals surface area (Å²) >= 11 is 0. The van der Waals surface area contributed by atoms with Crippen LogP contribution in [0.4, 0.5) is 11.4 Å². The van der Waals surface area contributed by atoms with Crippen molar-refractivity contribution in [2.24, 2.45) is 0 Å². The molecule has 1 saturated heterocycles. The van der Waals surface area contributed by atoms with Crippen molar-refractivity contribution in [1.29, 1.82) is 0 Å². The Kier molecular flexibility index (Phi) is 7.24. The second-order valence-corrected chi connectivity index (χ2v) is 8.11. The highest BCUT2D eigenvalue weighted by Gasteiger charge is 2.26. The molecule has 6 heteroatoms. The molecule has 1 aliphatic heterocycles. The molecule has 0 bridgehead atoms. The highest BCUT2D eigenvalue weighted by molar-refractivity contribution is 5.95. The predicted molar refractivity (Wildman–Crippen MR) is 122 cm³/mol. The number of rotatable bonds is 6. The third-order valence-electron chi connectivity index (χ3n) is 5.85. The van der Waals surface area contributed by atoms with E-state index in [0.29, 0.717) is 6.54 Å². The Morgan fingerprint density at radius 2 is 1.47 bits per heavy atom. The minimum Gasteiger partial charge on any atom is -0.324 e. The number of piperazine rings is 1. The second kappa shape index (κ2) is 9.87. The van der Waals surface area contributed by atoms with Gasteiger partial charge in [-0.2, -0.15) is 0 Å². The van der Waals surface area contributed by atoms with E-state index in [-0.39, 0.29) is 17.9 Å². The van der Waals surface area contributed by atoms with Gasteiger partial charge in [0.15, 0.2) is 0 Å². The van der Waals surface area contributed by atoms with Gasteiger partial charge in [0.1, 0.15) is 0 Å². The molecule has 1 fully saturated rings. The first kappa shape index (κ1) is 22.0. The van der Waals surface area contributed by atoms with Crippen molar-refractivity contribution in [2.45, 2.75) is 33.7 Å². The van der Waals surface area contributed by atoms with Gasteiger partial charge in [0.2, 0.25) is 11.8 Å². The molecule has 1 aliphatic rings. The fourth-order valence-electron chi connectivity index (χ4n) is 3.82. The molecule has 1 atom stereocenters. The summed E-state index contributed by atoms with van der Waals surface area (Å²) in [5, 5.41) is 6.08. The molecular weight excluding hydrogens is 376 g/mol. The highest BCUT2D eigenvalue weighted by Crippen LogP contribution is 2.19. The molecule has 2 aromatic carbocycles. The van der Waals surface area contributed by atoms with E-state index in [0.717, 1.165) is 54.2 Å². The van der Waals surface area contributed by atoms with E-state index >= 15 is 0 Å². The minimum absolute atomic E-state index is 0.00511. The van der Waals surface area contributed by atoms with Crippen molar-refractivity contribution < 1.29 is 9.59 Å². The van der Waals surface area contributed by atoms with Crippen LogP contribution in [0.2, 0.25) is 0 Å². The van der Waals surface area contributed by atoms with Crippen molar-refractivity contribution in [3.63, 3.8) is 0 Å². The maximum atomic E-state index is 12.7. The van der Waals surface area contributed by atoms with Gasteiger partial charge in [-0.15, -0.1) is 0 Å². The van der Waals surface area contributed by atoms with Crippen molar-refractivity contribution >= 4 is 23.2 Å². The highest BCUT2D eigenvalue weighted by atomic mass is 16.2. The van der Waals surface area contributed by atoms with E-state index in [9.17, 15) is 9.59 Å². The van der Waals surface area contributed by atoms with Gasteiger partial charge >= 0.3 is 0 Å². The Morgan fingerprint density at radius 3 is 2.10 bits per heavy atom. The van der Waals surface area contributed by atoms with Gasteiger partial charge in [-0.05, 0) is 50.5 Å². The van der Waals surface area contributed by atoms with E-state index in [1.54, 1.807) is 0 Å². The lowest BCUT2D eigenvalue weighted by atomic mass is 10.1. The monoisotopic (exact) mass is 408 g/mol. The lowest BCUT2D eigenvalue weighted by molar-refractivity contribution is -0.122. The van der Waals surface area contributed by atoms with Crippen LogP contribution in [0.1, 0.15) is 23.6 Å². The van der Waals surface area contributed by atoms with Gasteiger partial charge in [0.05, 0.1) is 12.6 Å². The topological polar surface area (TPSA) is 64.7 Å². The fourth-order valence-corrected chi connectivity index (χ4v) is 3.82. The van der Waals surface area contributed by atoms with E-state index in [1.165, 1.54) is 0 Å². The Labute approximate surface area is 179 Å². The summed E-state index contributed by atoms with van der Waals surface area (Å²) in [6, 6.07) is 13.6. The molecule has 2 N–H and O–H groups in total. The summed E-state index contributed by atoms with van der Waals surface area (Å²) in [7, 11) is 0. The summed E-state index contributed by atoms with van der Waals surface area (Å²) in [6.07, 6.45) is 0. The SMILES string of the molecule is Cc1ccccc1NC(=O)C(C)N1CCN(CC(=O)Nc2c(C)cccc2C)CC1. The molecule has 2 amide bonds. The maximum Gasteiger partial charge on any atom is 0.241 e.